The van der Waals surface area contributed by atoms with Gasteiger partial charge in [-0.2, -0.15) is 17.2 Å². The summed E-state index contributed by atoms with van der Waals surface area (Å²) in [6, 6.07) is 0. The fourth-order valence-electron chi connectivity index (χ4n) is 0.0275. The Hall–Kier alpha value is -0.300. The van der Waals surface area contributed by atoms with Gasteiger partial charge < -0.3 is 0 Å². The molecule has 0 amide bonds. The van der Waals surface area contributed by atoms with Gasteiger partial charge in [0.05, 0.1) is 0 Å². The second-order valence-electron chi connectivity index (χ2n) is 0.816. The number of hydrogen-bond donors (Lipinski definition) is 0. The smallest absolute Gasteiger partial charge is 0.191 e. The Morgan fingerprint density at radius 3 is 1.75 bits per heavy atom. The summed E-state index contributed by atoms with van der Waals surface area (Å²) in [5.74, 6) is -3.81. The fourth-order valence-corrected chi connectivity index (χ4v) is 0.0825. The van der Waals surface area contributed by atoms with Gasteiger partial charge in [0.2, 0.25) is 0 Å². The lowest BCUT2D eigenvalue weighted by molar-refractivity contribution is -0.00838. The zero-order valence-electron chi connectivity index (χ0n) is 3.34. The normalized spacial score (nSPS) is 12.5. The minimum atomic E-state index is -5.24. The summed E-state index contributed by atoms with van der Waals surface area (Å²) in [7, 11) is -5.24. The van der Waals surface area contributed by atoms with E-state index in [1.165, 1.54) is 0 Å². The van der Waals surface area contributed by atoms with Gasteiger partial charge in [-0.05, 0) is 4.53 Å². The van der Waals surface area contributed by atoms with E-state index >= 15 is 0 Å². The van der Waals surface area contributed by atoms with Crippen molar-refractivity contribution < 1.29 is 26.1 Å². The molecule has 0 aliphatic rings. The number of alkyl halides is 2. The van der Waals surface area contributed by atoms with Gasteiger partial charge in [-0.15, -0.1) is 0 Å². The van der Waals surface area contributed by atoms with Crippen LogP contribution in [0.1, 0.15) is 0 Å². The molecule has 0 saturated heterocycles. The van der Waals surface area contributed by atoms with Gasteiger partial charge in [0.1, 0.15) is 0 Å². The first kappa shape index (κ1) is 7.70. The highest BCUT2D eigenvalue weighted by Gasteiger charge is 2.25. The number of hydrogen-bond acceptors (Lipinski definition) is 3. The van der Waals surface area contributed by atoms with Crippen molar-refractivity contribution in [2.45, 2.75) is 5.76 Å². The van der Waals surface area contributed by atoms with Gasteiger partial charge in [0.25, 0.3) is 0 Å². The summed E-state index contributed by atoms with van der Waals surface area (Å²) in [5.41, 5.74) is 0. The summed E-state index contributed by atoms with van der Waals surface area (Å²) < 4.78 is 52.8. The van der Waals surface area contributed by atoms with E-state index in [1.807, 2.05) is 4.39 Å². The van der Waals surface area contributed by atoms with Crippen molar-refractivity contribution in [1.29, 1.82) is 0 Å². The van der Waals surface area contributed by atoms with Gasteiger partial charge in [-0.25, -0.2) is 0 Å². The van der Waals surface area contributed by atoms with Crippen LogP contribution in [-0.4, -0.2) is 14.2 Å². The monoisotopic (exact) mass is 150 g/mol. The number of halogens is 3. The van der Waals surface area contributed by atoms with Crippen molar-refractivity contribution in [3.8, 4) is 0 Å². The molecular weight excluding hydrogens is 149 g/mol. The first-order valence-electron chi connectivity index (χ1n) is 1.33. The summed E-state index contributed by atoms with van der Waals surface area (Å²) in [4.78, 5) is 0. The van der Waals surface area contributed by atoms with Crippen LogP contribution in [0.4, 0.5) is 13.3 Å². The molecule has 0 aromatic carbocycles. The maximum atomic E-state index is 10.9. The van der Waals surface area contributed by atoms with E-state index in [2.05, 4.69) is 0 Å². The molecule has 0 N–H and O–H groups in total. The molecule has 0 heterocycles. The molecule has 0 bridgehead atoms. The largest absolute Gasteiger partial charge is 0.363 e. The second kappa shape index (κ2) is 2.31. The Labute approximate surface area is 43.1 Å². The SMILES string of the molecule is O=S(=O)(OF)C(F)F. The summed E-state index contributed by atoms with van der Waals surface area (Å²) in [6.45, 7) is 0. The number of rotatable bonds is 2. The minimum absolute atomic E-state index is 1.92. The van der Waals surface area contributed by atoms with Crippen LogP contribution in [0.5, 0.6) is 0 Å². The Bertz CT molecular complexity index is 148. The summed E-state index contributed by atoms with van der Waals surface area (Å²) in [6.07, 6.45) is 0. The third-order valence-electron chi connectivity index (χ3n) is 0.306. The van der Waals surface area contributed by atoms with Crippen LogP contribution in [0.2, 0.25) is 0 Å². The molecule has 7 heteroatoms. The Morgan fingerprint density at radius 1 is 1.38 bits per heavy atom. The molecule has 0 aromatic rings. The second-order valence-corrected chi connectivity index (χ2v) is 2.28. The molecule has 0 saturated carbocycles. The van der Waals surface area contributed by atoms with Crippen LogP contribution in [0.3, 0.4) is 0 Å². The zero-order valence-corrected chi connectivity index (χ0v) is 4.16. The third-order valence-corrected chi connectivity index (χ3v) is 0.918. The average Bonchev–Trinajstić information content (AvgIpc) is 1.67. The molecule has 0 aromatic heterocycles. The fraction of sp³-hybridized carbons (Fsp3) is 1.00. The first-order valence-corrected chi connectivity index (χ1v) is 2.80. The highest BCUT2D eigenvalue weighted by molar-refractivity contribution is 7.86. The van der Waals surface area contributed by atoms with Crippen LogP contribution in [0.15, 0.2) is 0 Å². The van der Waals surface area contributed by atoms with Crippen LogP contribution in [0, 0.1) is 0 Å². The standard InChI is InChI=1S/CHF3O3S/c2-1(3)8(5,6)7-4/h1H. The zero-order chi connectivity index (χ0) is 6.78. The average molecular weight is 150 g/mol. The maximum absolute atomic E-state index is 10.9. The summed E-state index contributed by atoms with van der Waals surface area (Å²) >= 11 is 0. The molecule has 0 aliphatic heterocycles. The van der Waals surface area contributed by atoms with E-state index < -0.39 is 15.9 Å². The molecule has 0 atom stereocenters. The van der Waals surface area contributed by atoms with Gasteiger partial charge in [-0.3, -0.25) is 0 Å². The van der Waals surface area contributed by atoms with Gasteiger partial charge >= 0.3 is 15.9 Å². The lowest BCUT2D eigenvalue weighted by atomic mass is 11.7. The molecule has 0 aliphatic carbocycles. The molecule has 0 radical (unpaired) electrons. The lowest BCUT2D eigenvalue weighted by Gasteiger charge is -1.90. The highest BCUT2D eigenvalue weighted by Crippen LogP contribution is 2.05. The van der Waals surface area contributed by atoms with E-state index in [1.54, 1.807) is 0 Å². The van der Waals surface area contributed by atoms with Crippen LogP contribution < -0.4 is 0 Å². The molecule has 0 fully saturated rings. The molecule has 0 unspecified atom stereocenters. The Morgan fingerprint density at radius 2 is 1.75 bits per heavy atom. The molecule has 0 spiro atoms. The van der Waals surface area contributed by atoms with E-state index in [9.17, 15) is 21.7 Å². The quantitative estimate of drug-likeness (QED) is 0.573. The molecule has 8 heavy (non-hydrogen) atoms. The first-order chi connectivity index (χ1) is 3.50. The Kier molecular flexibility index (Phi) is 2.23. The predicted molar refractivity (Wildman–Crippen MR) is 17.1 cm³/mol. The maximum Gasteiger partial charge on any atom is 0.363 e. The molecule has 3 nitrogen and oxygen atoms in total. The van der Waals surface area contributed by atoms with Crippen LogP contribution >= 0.6 is 0 Å². The van der Waals surface area contributed by atoms with Gasteiger partial charge in [0, 0.05) is 0 Å². The van der Waals surface area contributed by atoms with Crippen molar-refractivity contribution in [3.05, 3.63) is 0 Å². The topological polar surface area (TPSA) is 43.4 Å². The lowest BCUT2D eigenvalue weighted by Crippen LogP contribution is -2.09. The highest BCUT2D eigenvalue weighted by atomic mass is 32.2. The molecular formula is CHF3O3S. The van der Waals surface area contributed by atoms with E-state index in [4.69, 9.17) is 0 Å². The van der Waals surface area contributed by atoms with E-state index in [0.717, 1.165) is 0 Å². The Balaban J connectivity index is 4.17. The molecule has 50 valence electrons. The van der Waals surface area contributed by atoms with Gasteiger partial charge in [-0.1, -0.05) is 4.39 Å². The van der Waals surface area contributed by atoms with E-state index in [-0.39, 0.29) is 0 Å². The molecule has 0 rings (SSSR count). The summed E-state index contributed by atoms with van der Waals surface area (Å²) in [5, 5.41) is 0. The van der Waals surface area contributed by atoms with Gasteiger partial charge in [0.15, 0.2) is 0 Å². The van der Waals surface area contributed by atoms with Crippen molar-refractivity contribution in [2.24, 2.45) is 0 Å². The van der Waals surface area contributed by atoms with E-state index in [0.29, 0.717) is 0 Å². The van der Waals surface area contributed by atoms with Crippen molar-refractivity contribution in [1.82, 2.24) is 0 Å². The van der Waals surface area contributed by atoms with Crippen molar-refractivity contribution in [3.63, 3.8) is 0 Å². The minimum Gasteiger partial charge on any atom is -0.191 e. The third kappa shape index (κ3) is 1.66. The predicted octanol–water partition coefficient (Wildman–Crippen LogP) is 0.440. The van der Waals surface area contributed by atoms with Crippen LogP contribution in [0.25, 0.3) is 0 Å². The van der Waals surface area contributed by atoms with Crippen LogP contribution in [-0.2, 0) is 14.5 Å². The van der Waals surface area contributed by atoms with Crippen molar-refractivity contribution in [2.75, 3.05) is 0 Å². The van der Waals surface area contributed by atoms with Crippen molar-refractivity contribution >= 4 is 10.1 Å².